The van der Waals surface area contributed by atoms with E-state index >= 15 is 0 Å². The van der Waals surface area contributed by atoms with Gasteiger partial charge in [0.2, 0.25) is 17.7 Å². The molecule has 0 radical (unpaired) electrons. The number of carboxylic acid groups (broad SMARTS) is 2. The highest BCUT2D eigenvalue weighted by atomic mass is 16.4. The Kier molecular flexibility index (Phi) is 12.5. The van der Waals surface area contributed by atoms with E-state index in [1.807, 2.05) is 0 Å². The van der Waals surface area contributed by atoms with Crippen LogP contribution in [-0.4, -0.2) is 82.2 Å². The van der Waals surface area contributed by atoms with Crippen LogP contribution in [0.25, 0.3) is 0 Å². The van der Waals surface area contributed by atoms with Gasteiger partial charge >= 0.3 is 11.9 Å². The van der Waals surface area contributed by atoms with Gasteiger partial charge in [0.25, 0.3) is 0 Å². The molecule has 0 bridgehead atoms. The molecule has 3 amide bonds. The van der Waals surface area contributed by atoms with Crippen molar-refractivity contribution in [2.24, 2.45) is 5.73 Å². The number of aliphatic carboxylic acids is 2. The largest absolute Gasteiger partial charge is 0.508 e. The maximum Gasteiger partial charge on any atom is 0.326 e. The fourth-order valence-electron chi connectivity index (χ4n) is 4.09. The number of hydrogen-bond donors (Lipinski definition) is 8. The Morgan fingerprint density at radius 2 is 1.58 bits per heavy atom. The molecular formula is C25H37N5O8. The van der Waals surface area contributed by atoms with Crippen molar-refractivity contribution in [3.05, 3.63) is 29.8 Å². The van der Waals surface area contributed by atoms with Crippen LogP contribution in [0.3, 0.4) is 0 Å². The van der Waals surface area contributed by atoms with Gasteiger partial charge in [-0.15, -0.1) is 0 Å². The standard InChI is InChI=1S/C25H37N5O8/c26-12-2-1-4-19(25(37)38)29-24(36)20(14-15-6-8-16(31)9-7-15)30-23(35)18(10-11-21(32)33)28-22(34)17-5-3-13-27-17/h6-9,17-20,27,31H,1-5,10-14,26H2,(H,28,34)(H,29,36)(H,30,35)(H,32,33)(H,37,38). The SMILES string of the molecule is NCCCCC(NC(=O)C(Cc1ccc(O)cc1)NC(=O)C(CCC(=O)O)NC(=O)C1CCCN1)C(=O)O. The number of carbonyl (C=O) groups excluding carboxylic acids is 3. The van der Waals surface area contributed by atoms with E-state index in [9.17, 15) is 34.2 Å². The highest BCUT2D eigenvalue weighted by Gasteiger charge is 2.31. The fraction of sp³-hybridized carbons (Fsp3) is 0.560. The van der Waals surface area contributed by atoms with E-state index in [2.05, 4.69) is 21.3 Å². The molecule has 13 nitrogen and oxygen atoms in total. The summed E-state index contributed by atoms with van der Waals surface area (Å²) in [5, 5.41) is 38.8. The van der Waals surface area contributed by atoms with Crippen LogP contribution in [0.15, 0.2) is 24.3 Å². The van der Waals surface area contributed by atoms with E-state index in [4.69, 9.17) is 10.8 Å². The van der Waals surface area contributed by atoms with Crippen LogP contribution in [-0.2, 0) is 30.4 Å². The normalized spacial score (nSPS) is 17.1. The van der Waals surface area contributed by atoms with Crippen LogP contribution in [0, 0.1) is 0 Å². The van der Waals surface area contributed by atoms with Crippen molar-refractivity contribution in [3.63, 3.8) is 0 Å². The van der Waals surface area contributed by atoms with Crippen LogP contribution in [0.4, 0.5) is 0 Å². The maximum atomic E-state index is 13.2. The monoisotopic (exact) mass is 535 g/mol. The van der Waals surface area contributed by atoms with Crippen molar-refractivity contribution < 1.29 is 39.3 Å². The van der Waals surface area contributed by atoms with Crippen molar-refractivity contribution in [1.82, 2.24) is 21.3 Å². The van der Waals surface area contributed by atoms with Crippen molar-refractivity contribution in [2.75, 3.05) is 13.1 Å². The summed E-state index contributed by atoms with van der Waals surface area (Å²) in [7, 11) is 0. The molecule has 210 valence electrons. The summed E-state index contributed by atoms with van der Waals surface area (Å²) < 4.78 is 0. The minimum atomic E-state index is -1.24. The molecule has 1 aromatic rings. The molecule has 13 heteroatoms. The van der Waals surface area contributed by atoms with Crippen LogP contribution >= 0.6 is 0 Å². The fourth-order valence-corrected chi connectivity index (χ4v) is 4.09. The predicted octanol–water partition coefficient (Wildman–Crippen LogP) is -0.780. The lowest BCUT2D eigenvalue weighted by Gasteiger charge is -2.25. The maximum absolute atomic E-state index is 13.2. The zero-order valence-corrected chi connectivity index (χ0v) is 21.2. The van der Waals surface area contributed by atoms with E-state index < -0.39 is 60.2 Å². The van der Waals surface area contributed by atoms with Gasteiger partial charge in [-0.05, 0) is 69.3 Å². The van der Waals surface area contributed by atoms with E-state index in [-0.39, 0.29) is 25.0 Å². The molecule has 4 atom stereocenters. The number of phenolic OH excluding ortho intramolecular Hbond substituents is 1. The third kappa shape index (κ3) is 10.3. The molecule has 1 aliphatic rings. The smallest absolute Gasteiger partial charge is 0.326 e. The molecule has 1 heterocycles. The quantitative estimate of drug-likeness (QED) is 0.123. The number of benzene rings is 1. The lowest BCUT2D eigenvalue weighted by molar-refractivity contribution is -0.142. The number of aromatic hydroxyl groups is 1. The molecule has 9 N–H and O–H groups in total. The second-order valence-electron chi connectivity index (χ2n) is 9.26. The molecule has 38 heavy (non-hydrogen) atoms. The summed E-state index contributed by atoms with van der Waals surface area (Å²) in [4.78, 5) is 61.8. The third-order valence-corrected chi connectivity index (χ3v) is 6.23. The molecule has 0 aliphatic carbocycles. The zero-order valence-electron chi connectivity index (χ0n) is 21.2. The third-order valence-electron chi connectivity index (χ3n) is 6.23. The highest BCUT2D eigenvalue weighted by Crippen LogP contribution is 2.13. The van der Waals surface area contributed by atoms with Gasteiger partial charge < -0.3 is 42.3 Å². The topological polar surface area (TPSA) is 220 Å². The lowest BCUT2D eigenvalue weighted by Crippen LogP contribution is -2.57. The minimum absolute atomic E-state index is 0.00148. The van der Waals surface area contributed by atoms with Gasteiger partial charge in [0.1, 0.15) is 23.9 Å². The van der Waals surface area contributed by atoms with Crippen LogP contribution in [0.1, 0.15) is 50.5 Å². The zero-order chi connectivity index (χ0) is 28.1. The van der Waals surface area contributed by atoms with Crippen molar-refractivity contribution in [3.8, 4) is 5.75 Å². The van der Waals surface area contributed by atoms with Gasteiger partial charge in [-0.2, -0.15) is 0 Å². The van der Waals surface area contributed by atoms with Crippen LogP contribution in [0.5, 0.6) is 5.75 Å². The van der Waals surface area contributed by atoms with Gasteiger partial charge in [-0.25, -0.2) is 4.79 Å². The van der Waals surface area contributed by atoms with Gasteiger partial charge in [-0.3, -0.25) is 19.2 Å². The molecule has 1 fully saturated rings. The van der Waals surface area contributed by atoms with E-state index in [1.54, 1.807) is 12.1 Å². The number of rotatable bonds is 16. The van der Waals surface area contributed by atoms with Crippen molar-refractivity contribution in [1.29, 1.82) is 0 Å². The van der Waals surface area contributed by atoms with E-state index in [1.165, 1.54) is 12.1 Å². The Balaban J connectivity index is 2.21. The van der Waals surface area contributed by atoms with E-state index in [0.717, 1.165) is 6.42 Å². The predicted molar refractivity (Wildman–Crippen MR) is 136 cm³/mol. The molecular weight excluding hydrogens is 498 g/mol. The molecule has 1 saturated heterocycles. The van der Waals surface area contributed by atoms with Gasteiger partial charge in [-0.1, -0.05) is 12.1 Å². The number of phenols is 1. The molecule has 2 rings (SSSR count). The second-order valence-corrected chi connectivity index (χ2v) is 9.26. The van der Waals surface area contributed by atoms with Gasteiger partial charge in [0, 0.05) is 12.8 Å². The highest BCUT2D eigenvalue weighted by molar-refractivity contribution is 5.94. The molecule has 0 aromatic heterocycles. The van der Waals surface area contributed by atoms with Gasteiger partial charge in [0.05, 0.1) is 6.04 Å². The van der Waals surface area contributed by atoms with E-state index in [0.29, 0.717) is 37.9 Å². The minimum Gasteiger partial charge on any atom is -0.508 e. The number of nitrogens with one attached hydrogen (secondary N) is 4. The molecule has 4 unspecified atom stereocenters. The molecule has 0 spiro atoms. The number of unbranched alkanes of at least 4 members (excludes halogenated alkanes) is 1. The molecule has 0 saturated carbocycles. The Hall–Kier alpha value is -3.71. The number of amides is 3. The first kappa shape index (κ1) is 30.5. The summed E-state index contributed by atoms with van der Waals surface area (Å²) >= 11 is 0. The first-order chi connectivity index (χ1) is 18.1. The second kappa shape index (κ2) is 15.5. The van der Waals surface area contributed by atoms with Crippen molar-refractivity contribution in [2.45, 2.75) is 75.5 Å². The summed E-state index contributed by atoms with van der Waals surface area (Å²) in [6.45, 7) is 1.02. The average molecular weight is 536 g/mol. The van der Waals surface area contributed by atoms with Gasteiger partial charge in [0.15, 0.2) is 0 Å². The van der Waals surface area contributed by atoms with Crippen LogP contribution < -0.4 is 27.0 Å². The average Bonchev–Trinajstić information content (AvgIpc) is 3.41. The Bertz CT molecular complexity index is 965. The summed E-state index contributed by atoms with van der Waals surface area (Å²) in [6, 6.07) is 1.74. The Morgan fingerprint density at radius 1 is 0.921 bits per heavy atom. The number of nitrogens with two attached hydrogens (primary N) is 1. The summed E-state index contributed by atoms with van der Waals surface area (Å²) in [5.74, 6) is -4.36. The number of carboxylic acids is 2. The molecule has 1 aromatic carbocycles. The Labute approximate surface area is 220 Å². The van der Waals surface area contributed by atoms with Crippen LogP contribution in [0.2, 0.25) is 0 Å². The summed E-state index contributed by atoms with van der Waals surface area (Å²) in [6.07, 6.45) is 1.91. The first-order valence-corrected chi connectivity index (χ1v) is 12.7. The van der Waals surface area contributed by atoms with Crippen molar-refractivity contribution >= 4 is 29.7 Å². The number of carbonyl (C=O) groups is 5. The molecule has 1 aliphatic heterocycles. The summed E-state index contributed by atoms with van der Waals surface area (Å²) in [5.41, 5.74) is 6.04. The first-order valence-electron chi connectivity index (χ1n) is 12.7. The Morgan fingerprint density at radius 3 is 2.16 bits per heavy atom. The lowest BCUT2D eigenvalue weighted by atomic mass is 10.0. The number of hydrogen-bond acceptors (Lipinski definition) is 8.